The highest BCUT2D eigenvalue weighted by atomic mass is 32.2. The topological polar surface area (TPSA) is 71.8 Å². The minimum Gasteiger partial charge on any atom is -0.390 e. The van der Waals surface area contributed by atoms with E-state index in [0.717, 1.165) is 0 Å². The number of sulfonamides is 1. The standard InChI is InChI=1S/C13H22N2O4S/c1-4-6-15(7-8-19-3)20(17,18)13-9-12(11-16)14(5-2)10-13/h4,9-10,16H,1,5-8,11H2,2-3H3. The highest BCUT2D eigenvalue weighted by Crippen LogP contribution is 2.19. The molecule has 0 atom stereocenters. The van der Waals surface area contributed by atoms with Crippen LogP contribution in [-0.4, -0.2) is 49.2 Å². The first kappa shape index (κ1) is 16.9. The van der Waals surface area contributed by atoms with Gasteiger partial charge in [-0.05, 0) is 13.0 Å². The van der Waals surface area contributed by atoms with E-state index >= 15 is 0 Å². The first-order chi connectivity index (χ1) is 9.51. The number of aliphatic hydroxyl groups is 1. The molecule has 0 aromatic carbocycles. The highest BCUT2D eigenvalue weighted by Gasteiger charge is 2.25. The van der Waals surface area contributed by atoms with Gasteiger partial charge in [-0.2, -0.15) is 4.31 Å². The van der Waals surface area contributed by atoms with Crippen molar-refractivity contribution in [3.8, 4) is 0 Å². The SMILES string of the molecule is C=CCN(CCOC)S(=O)(=O)c1cc(CO)n(CC)c1. The largest absolute Gasteiger partial charge is 0.390 e. The van der Waals surface area contributed by atoms with Gasteiger partial charge in [-0.15, -0.1) is 6.58 Å². The van der Waals surface area contributed by atoms with Crippen LogP contribution in [0.3, 0.4) is 0 Å². The van der Waals surface area contributed by atoms with Gasteiger partial charge in [0.25, 0.3) is 0 Å². The smallest absolute Gasteiger partial charge is 0.244 e. The molecule has 0 spiro atoms. The Bertz CT molecular complexity index is 515. The molecule has 0 aliphatic heterocycles. The van der Waals surface area contributed by atoms with Crippen LogP contribution in [0.4, 0.5) is 0 Å². The van der Waals surface area contributed by atoms with E-state index < -0.39 is 10.0 Å². The second-order valence-corrected chi connectivity index (χ2v) is 6.19. The summed E-state index contributed by atoms with van der Waals surface area (Å²) in [6.45, 7) is 6.67. The summed E-state index contributed by atoms with van der Waals surface area (Å²) in [7, 11) is -2.08. The lowest BCUT2D eigenvalue weighted by molar-refractivity contribution is 0.182. The van der Waals surface area contributed by atoms with Gasteiger partial charge in [-0.3, -0.25) is 0 Å². The van der Waals surface area contributed by atoms with Gasteiger partial charge >= 0.3 is 0 Å². The first-order valence-corrected chi connectivity index (χ1v) is 7.85. The fourth-order valence-corrected chi connectivity index (χ4v) is 3.35. The molecule has 1 heterocycles. The predicted octanol–water partition coefficient (Wildman–Crippen LogP) is 0.823. The van der Waals surface area contributed by atoms with Crippen LogP contribution >= 0.6 is 0 Å². The molecular weight excluding hydrogens is 280 g/mol. The van der Waals surface area contributed by atoms with E-state index in [1.54, 1.807) is 10.8 Å². The van der Waals surface area contributed by atoms with Gasteiger partial charge in [-0.25, -0.2) is 8.42 Å². The van der Waals surface area contributed by atoms with Crippen molar-refractivity contribution in [1.82, 2.24) is 8.87 Å². The number of aromatic nitrogens is 1. The zero-order valence-electron chi connectivity index (χ0n) is 11.9. The molecule has 0 amide bonds. The van der Waals surface area contributed by atoms with E-state index in [0.29, 0.717) is 18.8 Å². The van der Waals surface area contributed by atoms with Gasteiger partial charge < -0.3 is 14.4 Å². The van der Waals surface area contributed by atoms with Crippen molar-refractivity contribution in [2.45, 2.75) is 25.0 Å². The second kappa shape index (κ2) is 7.58. The molecule has 0 saturated heterocycles. The third kappa shape index (κ3) is 3.69. The predicted molar refractivity (Wildman–Crippen MR) is 76.9 cm³/mol. The number of hydrogen-bond donors (Lipinski definition) is 1. The molecule has 0 saturated carbocycles. The number of aliphatic hydroxyl groups excluding tert-OH is 1. The maximum Gasteiger partial charge on any atom is 0.244 e. The Kier molecular flexibility index (Phi) is 6.41. The number of hydrogen-bond acceptors (Lipinski definition) is 4. The van der Waals surface area contributed by atoms with Crippen molar-refractivity contribution in [1.29, 1.82) is 0 Å². The molecule has 0 fully saturated rings. The van der Waals surface area contributed by atoms with Gasteiger partial charge in [0.2, 0.25) is 10.0 Å². The van der Waals surface area contributed by atoms with Crippen LogP contribution in [0.5, 0.6) is 0 Å². The summed E-state index contributed by atoms with van der Waals surface area (Å²) in [6.07, 6.45) is 3.08. The van der Waals surface area contributed by atoms with E-state index in [4.69, 9.17) is 4.74 Å². The van der Waals surface area contributed by atoms with Crippen LogP contribution in [0.1, 0.15) is 12.6 Å². The van der Waals surface area contributed by atoms with Crippen molar-refractivity contribution in [3.63, 3.8) is 0 Å². The monoisotopic (exact) mass is 302 g/mol. The molecule has 20 heavy (non-hydrogen) atoms. The van der Waals surface area contributed by atoms with Crippen molar-refractivity contribution < 1.29 is 18.3 Å². The first-order valence-electron chi connectivity index (χ1n) is 6.41. The lowest BCUT2D eigenvalue weighted by atomic mass is 10.4. The Morgan fingerprint density at radius 3 is 2.70 bits per heavy atom. The zero-order valence-corrected chi connectivity index (χ0v) is 12.8. The summed E-state index contributed by atoms with van der Waals surface area (Å²) >= 11 is 0. The number of rotatable bonds is 9. The molecule has 1 N–H and O–H groups in total. The lowest BCUT2D eigenvalue weighted by Crippen LogP contribution is -2.33. The average molecular weight is 302 g/mol. The molecule has 1 rings (SSSR count). The molecule has 0 radical (unpaired) electrons. The van der Waals surface area contributed by atoms with Gasteiger partial charge in [0, 0.05) is 38.6 Å². The number of nitrogens with zero attached hydrogens (tertiary/aromatic N) is 2. The maximum absolute atomic E-state index is 12.6. The fraction of sp³-hybridized carbons (Fsp3) is 0.538. The molecule has 0 aliphatic rings. The second-order valence-electron chi connectivity index (χ2n) is 4.26. The van der Waals surface area contributed by atoms with Crippen LogP contribution in [0.25, 0.3) is 0 Å². The van der Waals surface area contributed by atoms with Crippen LogP contribution < -0.4 is 0 Å². The van der Waals surface area contributed by atoms with Gasteiger partial charge in [0.1, 0.15) is 4.90 Å². The van der Waals surface area contributed by atoms with Gasteiger partial charge in [-0.1, -0.05) is 6.08 Å². The van der Waals surface area contributed by atoms with E-state index in [1.807, 2.05) is 6.92 Å². The number of methoxy groups -OCH3 is 1. The Balaban J connectivity index is 3.11. The summed E-state index contributed by atoms with van der Waals surface area (Å²) in [5.74, 6) is 0. The van der Waals surface area contributed by atoms with E-state index in [1.165, 1.54) is 23.6 Å². The molecule has 0 unspecified atom stereocenters. The third-order valence-corrected chi connectivity index (χ3v) is 4.81. The van der Waals surface area contributed by atoms with Crippen LogP contribution in [0, 0.1) is 0 Å². The Morgan fingerprint density at radius 1 is 1.55 bits per heavy atom. The molecule has 0 bridgehead atoms. The quantitative estimate of drug-likeness (QED) is 0.686. The summed E-state index contributed by atoms with van der Waals surface area (Å²) in [6, 6.07) is 1.50. The molecule has 0 aliphatic carbocycles. The Hall–Kier alpha value is -1.15. The van der Waals surface area contributed by atoms with E-state index in [-0.39, 0.29) is 24.6 Å². The maximum atomic E-state index is 12.6. The molecular formula is C13H22N2O4S. The zero-order chi connectivity index (χ0) is 15.2. The molecule has 114 valence electrons. The molecule has 1 aromatic rings. The highest BCUT2D eigenvalue weighted by molar-refractivity contribution is 7.89. The minimum absolute atomic E-state index is 0.182. The summed E-state index contributed by atoms with van der Waals surface area (Å²) in [5, 5.41) is 9.25. The van der Waals surface area contributed by atoms with E-state index in [2.05, 4.69) is 6.58 Å². The van der Waals surface area contributed by atoms with Crippen molar-refractivity contribution >= 4 is 10.0 Å². The third-order valence-electron chi connectivity index (χ3n) is 2.98. The van der Waals surface area contributed by atoms with Crippen LogP contribution in [-0.2, 0) is 27.9 Å². The minimum atomic E-state index is -3.61. The molecule has 7 heteroatoms. The van der Waals surface area contributed by atoms with Gasteiger partial charge in [0.15, 0.2) is 0 Å². The molecule has 1 aromatic heterocycles. The lowest BCUT2D eigenvalue weighted by Gasteiger charge is -2.19. The average Bonchev–Trinajstić information content (AvgIpc) is 2.87. The molecule has 6 nitrogen and oxygen atoms in total. The summed E-state index contributed by atoms with van der Waals surface area (Å²) in [4.78, 5) is 0.182. The van der Waals surface area contributed by atoms with Crippen molar-refractivity contribution in [2.24, 2.45) is 0 Å². The van der Waals surface area contributed by atoms with Crippen molar-refractivity contribution in [3.05, 3.63) is 30.6 Å². The number of aryl methyl sites for hydroxylation is 1. The van der Waals surface area contributed by atoms with Crippen molar-refractivity contribution in [2.75, 3.05) is 26.8 Å². The van der Waals surface area contributed by atoms with Crippen LogP contribution in [0.2, 0.25) is 0 Å². The Morgan fingerprint density at radius 2 is 2.25 bits per heavy atom. The van der Waals surface area contributed by atoms with Gasteiger partial charge in [0.05, 0.1) is 13.2 Å². The summed E-state index contributed by atoms with van der Waals surface area (Å²) in [5.41, 5.74) is 0.580. The number of ether oxygens (including phenoxy) is 1. The summed E-state index contributed by atoms with van der Waals surface area (Å²) < 4.78 is 33.1. The fourth-order valence-electron chi connectivity index (χ4n) is 1.89. The van der Waals surface area contributed by atoms with E-state index in [9.17, 15) is 13.5 Å². The Labute approximate surface area is 120 Å². The van der Waals surface area contributed by atoms with Crippen LogP contribution in [0.15, 0.2) is 29.8 Å². The normalized spacial score (nSPS) is 12.0.